The molecule has 1 saturated heterocycles. The number of hydrogen-bond acceptors (Lipinski definition) is 6. The van der Waals surface area contributed by atoms with Gasteiger partial charge in [0, 0.05) is 37.4 Å². The van der Waals surface area contributed by atoms with Gasteiger partial charge >= 0.3 is 5.69 Å². The van der Waals surface area contributed by atoms with Crippen LogP contribution in [0.5, 0.6) is 0 Å². The van der Waals surface area contributed by atoms with Crippen molar-refractivity contribution in [2.24, 2.45) is 5.41 Å². The molecule has 8 nitrogen and oxygen atoms in total. The van der Waals surface area contributed by atoms with Gasteiger partial charge in [0.05, 0.1) is 27.9 Å². The summed E-state index contributed by atoms with van der Waals surface area (Å²) in [7, 11) is 0. The third-order valence-corrected chi connectivity index (χ3v) is 6.71. The molecule has 2 aromatic heterocycles. The topological polar surface area (TPSA) is 96.8 Å². The first kappa shape index (κ1) is 23.4. The second-order valence-corrected chi connectivity index (χ2v) is 9.64. The van der Waals surface area contributed by atoms with Crippen LogP contribution in [0.15, 0.2) is 40.1 Å². The maximum atomic E-state index is 13.9. The Bertz CT molecular complexity index is 1520. The van der Waals surface area contributed by atoms with E-state index in [0.29, 0.717) is 4.57 Å². The van der Waals surface area contributed by atoms with E-state index in [2.05, 4.69) is 10.2 Å². The minimum atomic E-state index is -2.75. The Hall–Kier alpha value is -3.36. The quantitative estimate of drug-likeness (QED) is 0.518. The molecule has 0 radical (unpaired) electrons. The molecule has 0 N–H and O–H groups in total. The van der Waals surface area contributed by atoms with E-state index < -0.39 is 34.9 Å². The average Bonchev–Trinajstić information content (AvgIpc) is 2.74. The minimum absolute atomic E-state index is 0.0653. The molecule has 13 heteroatoms. The molecule has 0 unspecified atom stereocenters. The van der Waals surface area contributed by atoms with E-state index >= 15 is 0 Å². The molecular weight excluding hydrogens is 508 g/mol. The van der Waals surface area contributed by atoms with Gasteiger partial charge in [-0.15, -0.1) is 5.10 Å². The van der Waals surface area contributed by atoms with Crippen molar-refractivity contribution in [3.05, 3.63) is 67.2 Å². The summed E-state index contributed by atoms with van der Waals surface area (Å²) in [6.07, 6.45) is 0.616. The summed E-state index contributed by atoms with van der Waals surface area (Å²) in [5, 5.41) is 16.8. The lowest BCUT2D eigenvalue weighted by molar-refractivity contribution is -0.170. The number of alkyl halides is 2. The monoisotopic (exact) mass is 522 g/mol. The maximum Gasteiger partial charge on any atom is 0.339 e. The number of hydrogen-bond donors (Lipinski definition) is 0. The predicted octanol–water partition coefficient (Wildman–Crippen LogP) is 3.66. The number of rotatable bonds is 4. The van der Waals surface area contributed by atoms with Crippen LogP contribution in [0.4, 0.5) is 19.0 Å². The normalized spacial score (nSPS) is 17.5. The summed E-state index contributed by atoms with van der Waals surface area (Å²) in [5.41, 5.74) is -2.25. The molecule has 5 rings (SSSR count). The van der Waals surface area contributed by atoms with Gasteiger partial charge in [-0.3, -0.25) is 9.36 Å². The zero-order valence-corrected chi connectivity index (χ0v) is 19.3. The lowest BCUT2D eigenvalue weighted by Crippen LogP contribution is -2.67. The Morgan fingerprint density at radius 3 is 2.46 bits per heavy atom. The van der Waals surface area contributed by atoms with Gasteiger partial charge in [-0.2, -0.15) is 10.4 Å². The second-order valence-electron chi connectivity index (χ2n) is 8.79. The van der Waals surface area contributed by atoms with Crippen molar-refractivity contribution in [1.29, 1.82) is 5.26 Å². The Balaban J connectivity index is 1.77. The van der Waals surface area contributed by atoms with Crippen LogP contribution in [0.1, 0.15) is 12.8 Å². The number of nitriles is 1. The summed E-state index contributed by atoms with van der Waals surface area (Å²) < 4.78 is 42.8. The van der Waals surface area contributed by atoms with Crippen molar-refractivity contribution >= 4 is 29.0 Å². The van der Waals surface area contributed by atoms with Gasteiger partial charge in [0.15, 0.2) is 5.82 Å². The molecule has 1 spiro atoms. The van der Waals surface area contributed by atoms with Crippen molar-refractivity contribution in [2.75, 3.05) is 18.0 Å². The highest BCUT2D eigenvalue weighted by molar-refractivity contribution is 6.31. The highest BCUT2D eigenvalue weighted by Crippen LogP contribution is 2.57. The standard InChI is InChI=1S/C22H15Cl2F3N6O2/c23-13-6-16(30-29-7-13)33-19(34)17(12-1-2-15(25)14(24)5-12)18(32(4-3-28)20(33)35)31-10-21(11-31)8-22(26,27)9-21/h1-2,5-7H,4,8-11H2. The SMILES string of the molecule is N#CCn1c(N2CC3(C2)CC(F)(F)C3)c(-c2ccc(F)c(Cl)c2)c(=O)n(-c2cc(Cl)cnn2)c1=O. The second kappa shape index (κ2) is 8.10. The molecule has 1 saturated carbocycles. The van der Waals surface area contributed by atoms with Gasteiger partial charge in [0.2, 0.25) is 5.92 Å². The van der Waals surface area contributed by atoms with Crippen LogP contribution in [0.25, 0.3) is 16.9 Å². The third-order valence-electron chi connectivity index (χ3n) is 6.21. The molecule has 35 heavy (non-hydrogen) atoms. The van der Waals surface area contributed by atoms with Crippen LogP contribution in [0.3, 0.4) is 0 Å². The number of benzene rings is 1. The lowest BCUT2D eigenvalue weighted by atomic mass is 9.61. The maximum absolute atomic E-state index is 13.9. The molecule has 3 heterocycles. The van der Waals surface area contributed by atoms with Crippen molar-refractivity contribution in [3.8, 4) is 23.0 Å². The van der Waals surface area contributed by atoms with E-state index in [1.165, 1.54) is 24.4 Å². The Kier molecular flexibility index (Phi) is 5.41. The van der Waals surface area contributed by atoms with Crippen molar-refractivity contribution < 1.29 is 13.2 Å². The fraction of sp³-hybridized carbons (Fsp3) is 0.318. The smallest absolute Gasteiger partial charge is 0.339 e. The fourth-order valence-corrected chi connectivity index (χ4v) is 5.23. The fourth-order valence-electron chi connectivity index (χ4n) is 4.91. The number of aromatic nitrogens is 4. The van der Waals surface area contributed by atoms with E-state index in [-0.39, 0.29) is 58.7 Å². The first-order valence-corrected chi connectivity index (χ1v) is 11.1. The molecule has 0 amide bonds. The van der Waals surface area contributed by atoms with E-state index in [9.17, 15) is 28.0 Å². The third kappa shape index (κ3) is 3.86. The summed E-state index contributed by atoms with van der Waals surface area (Å²) in [4.78, 5) is 28.8. The number of halogens is 5. The first-order chi connectivity index (χ1) is 16.5. The highest BCUT2D eigenvalue weighted by atomic mass is 35.5. The summed E-state index contributed by atoms with van der Waals surface area (Å²) in [5.74, 6) is -3.58. The number of nitrogens with zero attached hydrogens (tertiary/aromatic N) is 6. The highest BCUT2D eigenvalue weighted by Gasteiger charge is 2.62. The largest absolute Gasteiger partial charge is 0.356 e. The van der Waals surface area contributed by atoms with E-state index in [1.807, 2.05) is 6.07 Å². The molecule has 1 aromatic carbocycles. The van der Waals surface area contributed by atoms with Crippen LogP contribution in [-0.2, 0) is 6.54 Å². The number of anilines is 1. The van der Waals surface area contributed by atoms with Crippen LogP contribution in [0, 0.1) is 22.6 Å². The molecule has 1 aliphatic heterocycles. The lowest BCUT2D eigenvalue weighted by Gasteiger charge is -2.59. The minimum Gasteiger partial charge on any atom is -0.356 e. The van der Waals surface area contributed by atoms with Gasteiger partial charge in [-0.05, 0) is 17.7 Å². The van der Waals surface area contributed by atoms with Crippen LogP contribution in [-0.4, -0.2) is 38.3 Å². The van der Waals surface area contributed by atoms with Crippen molar-refractivity contribution in [3.63, 3.8) is 0 Å². The predicted molar refractivity (Wildman–Crippen MR) is 122 cm³/mol. The van der Waals surface area contributed by atoms with E-state index in [4.69, 9.17) is 23.2 Å². The van der Waals surface area contributed by atoms with Gasteiger partial charge in [0.25, 0.3) is 5.56 Å². The van der Waals surface area contributed by atoms with Crippen LogP contribution < -0.4 is 16.1 Å². The summed E-state index contributed by atoms with van der Waals surface area (Å²) >= 11 is 12.0. The van der Waals surface area contributed by atoms with Crippen molar-refractivity contribution in [2.45, 2.75) is 25.3 Å². The Morgan fingerprint density at radius 2 is 1.86 bits per heavy atom. The van der Waals surface area contributed by atoms with Crippen LogP contribution in [0.2, 0.25) is 10.0 Å². The summed E-state index contributed by atoms with van der Waals surface area (Å²) in [6.45, 7) is -0.129. The van der Waals surface area contributed by atoms with Crippen LogP contribution >= 0.6 is 23.2 Å². The molecule has 1 aliphatic carbocycles. The Labute approximate surface area is 205 Å². The van der Waals surface area contributed by atoms with Gasteiger partial charge in [-0.25, -0.2) is 22.5 Å². The molecule has 0 bridgehead atoms. The van der Waals surface area contributed by atoms with E-state index in [1.54, 1.807) is 4.90 Å². The summed E-state index contributed by atoms with van der Waals surface area (Å²) in [6, 6.07) is 6.74. The van der Waals surface area contributed by atoms with Crippen molar-refractivity contribution in [1.82, 2.24) is 19.3 Å². The first-order valence-electron chi connectivity index (χ1n) is 10.4. The molecule has 180 valence electrons. The van der Waals surface area contributed by atoms with E-state index in [0.717, 1.165) is 10.6 Å². The Morgan fingerprint density at radius 1 is 1.14 bits per heavy atom. The average molecular weight is 523 g/mol. The van der Waals surface area contributed by atoms with Gasteiger partial charge in [-0.1, -0.05) is 29.3 Å². The molecule has 0 atom stereocenters. The van der Waals surface area contributed by atoms with Gasteiger partial charge < -0.3 is 4.90 Å². The molecular formula is C22H15Cl2F3N6O2. The zero-order chi connectivity index (χ0) is 25.1. The zero-order valence-electron chi connectivity index (χ0n) is 17.8. The molecule has 2 aliphatic rings. The van der Waals surface area contributed by atoms with Gasteiger partial charge in [0.1, 0.15) is 18.2 Å². The molecule has 2 fully saturated rings. The molecule has 3 aromatic rings.